The fraction of sp³-hybridized carbons (Fsp3) is 0.300. The van der Waals surface area contributed by atoms with Crippen LogP contribution in [0.15, 0.2) is 36.7 Å². The first kappa shape index (κ1) is 19.6. The molecule has 1 unspecified atom stereocenters. The maximum atomic E-state index is 9.24. The Morgan fingerprint density at radius 1 is 1.24 bits per heavy atom. The molecule has 29 heavy (non-hydrogen) atoms. The van der Waals surface area contributed by atoms with E-state index in [0.29, 0.717) is 27.6 Å². The number of aromatic nitrogens is 4. The van der Waals surface area contributed by atoms with Gasteiger partial charge in [0.2, 0.25) is 5.95 Å². The summed E-state index contributed by atoms with van der Waals surface area (Å²) in [7, 11) is 0. The van der Waals surface area contributed by atoms with Crippen molar-refractivity contribution in [2.75, 3.05) is 18.4 Å². The first-order valence-corrected chi connectivity index (χ1v) is 10.1. The van der Waals surface area contributed by atoms with Gasteiger partial charge in [-0.1, -0.05) is 23.2 Å². The van der Waals surface area contributed by atoms with Gasteiger partial charge in [0.1, 0.15) is 11.6 Å². The van der Waals surface area contributed by atoms with Gasteiger partial charge in [0.05, 0.1) is 34.4 Å². The van der Waals surface area contributed by atoms with Gasteiger partial charge in [-0.2, -0.15) is 10.2 Å². The third-order valence-corrected chi connectivity index (χ3v) is 5.51. The van der Waals surface area contributed by atoms with E-state index >= 15 is 0 Å². The molecule has 1 aromatic carbocycles. The fourth-order valence-corrected chi connectivity index (χ4v) is 3.69. The van der Waals surface area contributed by atoms with Crippen LogP contribution in [0.1, 0.15) is 18.5 Å². The Bertz CT molecular complexity index is 1050. The number of rotatable bonds is 5. The van der Waals surface area contributed by atoms with Gasteiger partial charge >= 0.3 is 0 Å². The second kappa shape index (κ2) is 8.78. The number of hydrogen-bond acceptors (Lipinski definition) is 6. The van der Waals surface area contributed by atoms with Crippen molar-refractivity contribution in [1.82, 2.24) is 24.8 Å². The monoisotopic (exact) mass is 427 g/mol. The smallest absolute Gasteiger partial charge is 0.224 e. The van der Waals surface area contributed by atoms with Crippen molar-refractivity contribution in [3.63, 3.8) is 0 Å². The molecule has 1 aliphatic heterocycles. The average molecular weight is 428 g/mol. The van der Waals surface area contributed by atoms with E-state index < -0.39 is 0 Å². The molecular weight excluding hydrogens is 409 g/mol. The molecule has 1 atom stereocenters. The van der Waals surface area contributed by atoms with Crippen molar-refractivity contribution in [1.29, 1.82) is 5.26 Å². The van der Waals surface area contributed by atoms with Gasteiger partial charge in [0, 0.05) is 24.3 Å². The number of nitriles is 1. The van der Waals surface area contributed by atoms with Crippen LogP contribution in [0, 0.1) is 11.3 Å². The molecule has 3 aromatic rings. The molecule has 2 N–H and O–H groups in total. The highest BCUT2D eigenvalue weighted by Gasteiger charge is 2.18. The first-order chi connectivity index (χ1) is 14.2. The van der Waals surface area contributed by atoms with Crippen molar-refractivity contribution in [3.05, 3.63) is 52.4 Å². The molecule has 0 aliphatic carbocycles. The quantitative estimate of drug-likeness (QED) is 0.641. The van der Waals surface area contributed by atoms with Crippen molar-refractivity contribution < 1.29 is 0 Å². The van der Waals surface area contributed by atoms with Crippen molar-refractivity contribution in [2.24, 2.45) is 0 Å². The number of nitrogens with zero attached hydrogens (tertiary/aromatic N) is 5. The molecule has 2 aromatic heterocycles. The van der Waals surface area contributed by atoms with Crippen LogP contribution in [-0.4, -0.2) is 38.7 Å². The summed E-state index contributed by atoms with van der Waals surface area (Å²) in [5.74, 6) is 1.82. The Morgan fingerprint density at radius 2 is 2.14 bits per heavy atom. The lowest BCUT2D eigenvalue weighted by Gasteiger charge is -2.23. The molecule has 0 spiro atoms. The molecule has 4 rings (SSSR count). The Hall–Kier alpha value is -2.66. The summed E-state index contributed by atoms with van der Waals surface area (Å²) < 4.78 is 1.86. The number of benzene rings is 1. The minimum Gasteiger partial charge on any atom is -0.350 e. The molecule has 1 fully saturated rings. The van der Waals surface area contributed by atoms with Crippen molar-refractivity contribution >= 4 is 29.2 Å². The van der Waals surface area contributed by atoms with Crippen LogP contribution in [0.4, 0.5) is 5.95 Å². The number of halogens is 2. The fourth-order valence-electron chi connectivity index (χ4n) is 3.39. The minimum atomic E-state index is 0.202. The topological polar surface area (TPSA) is 91.5 Å². The predicted octanol–water partition coefficient (Wildman–Crippen LogP) is 3.87. The van der Waals surface area contributed by atoms with E-state index in [2.05, 4.69) is 31.7 Å². The average Bonchev–Trinajstić information content (AvgIpc) is 3.15. The number of nitrogens with one attached hydrogen (secondary N) is 2. The summed E-state index contributed by atoms with van der Waals surface area (Å²) in [6.07, 6.45) is 5.77. The molecule has 1 aliphatic rings. The highest BCUT2D eigenvalue weighted by Crippen LogP contribution is 2.30. The predicted molar refractivity (Wildman–Crippen MR) is 113 cm³/mol. The molecular formula is C20H19Cl2N7. The molecule has 3 heterocycles. The molecule has 0 bridgehead atoms. The lowest BCUT2D eigenvalue weighted by Crippen LogP contribution is -2.38. The lowest BCUT2D eigenvalue weighted by atomic mass is 10.1. The molecule has 0 radical (unpaired) electrons. The van der Waals surface area contributed by atoms with Crippen LogP contribution < -0.4 is 10.6 Å². The standard InChI is InChI=1S/C20H19Cl2N7/c21-16-4-3-13(10-17(16)22)19-26-12-15(5-7-23)29(19)18-6-9-25-20(28-18)27-14-2-1-8-24-11-14/h3-4,6,9-10,12,14,24H,1-2,5,8,11H2,(H,25,27,28). The van der Waals surface area contributed by atoms with Gasteiger partial charge in [-0.15, -0.1) is 0 Å². The van der Waals surface area contributed by atoms with E-state index in [1.54, 1.807) is 30.6 Å². The number of piperidine rings is 1. The molecule has 148 valence electrons. The number of hydrogen-bond donors (Lipinski definition) is 2. The van der Waals surface area contributed by atoms with Gasteiger partial charge < -0.3 is 10.6 Å². The summed E-state index contributed by atoms with van der Waals surface area (Å²) in [4.78, 5) is 13.6. The third-order valence-electron chi connectivity index (χ3n) is 4.77. The van der Waals surface area contributed by atoms with Gasteiger partial charge in [-0.05, 0) is 43.7 Å². The van der Waals surface area contributed by atoms with Crippen LogP contribution in [0.2, 0.25) is 10.0 Å². The second-order valence-corrected chi connectivity index (χ2v) is 7.61. The Balaban J connectivity index is 1.73. The van der Waals surface area contributed by atoms with E-state index in [1.807, 2.05) is 10.6 Å². The summed E-state index contributed by atoms with van der Waals surface area (Å²) in [6, 6.07) is 9.60. The highest BCUT2D eigenvalue weighted by molar-refractivity contribution is 6.42. The summed E-state index contributed by atoms with van der Waals surface area (Å²) in [6.45, 7) is 1.92. The van der Waals surface area contributed by atoms with Gasteiger partial charge in [-0.25, -0.2) is 9.97 Å². The van der Waals surface area contributed by atoms with E-state index in [9.17, 15) is 5.26 Å². The zero-order chi connectivity index (χ0) is 20.2. The third kappa shape index (κ3) is 4.35. The van der Waals surface area contributed by atoms with Crippen LogP contribution in [0.3, 0.4) is 0 Å². The van der Waals surface area contributed by atoms with Crippen molar-refractivity contribution in [3.8, 4) is 23.3 Å². The summed E-state index contributed by atoms with van der Waals surface area (Å²) in [5.41, 5.74) is 1.52. The highest BCUT2D eigenvalue weighted by atomic mass is 35.5. The molecule has 0 amide bonds. The SMILES string of the molecule is N#CCc1cnc(-c2ccc(Cl)c(Cl)c2)n1-c1ccnc(NC2CCCNC2)n1. The van der Waals surface area contributed by atoms with Gasteiger partial charge in [0.25, 0.3) is 0 Å². The second-order valence-electron chi connectivity index (χ2n) is 6.80. The van der Waals surface area contributed by atoms with E-state index in [-0.39, 0.29) is 12.5 Å². The lowest BCUT2D eigenvalue weighted by molar-refractivity contribution is 0.478. The van der Waals surface area contributed by atoms with Gasteiger partial charge in [-0.3, -0.25) is 4.57 Å². The Morgan fingerprint density at radius 3 is 2.90 bits per heavy atom. The number of imidazole rings is 1. The molecule has 9 heteroatoms. The molecule has 7 nitrogen and oxygen atoms in total. The zero-order valence-corrected chi connectivity index (χ0v) is 17.1. The minimum absolute atomic E-state index is 0.202. The van der Waals surface area contributed by atoms with Crippen molar-refractivity contribution in [2.45, 2.75) is 25.3 Å². The molecule has 0 saturated carbocycles. The van der Waals surface area contributed by atoms with E-state index in [4.69, 9.17) is 23.2 Å². The molecule has 1 saturated heterocycles. The maximum Gasteiger partial charge on any atom is 0.224 e. The van der Waals surface area contributed by atoms with E-state index in [0.717, 1.165) is 37.2 Å². The zero-order valence-electron chi connectivity index (χ0n) is 15.6. The van der Waals surface area contributed by atoms with E-state index in [1.165, 1.54) is 0 Å². The van der Waals surface area contributed by atoms with Gasteiger partial charge in [0.15, 0.2) is 0 Å². The Kier molecular flexibility index (Phi) is 5.95. The largest absolute Gasteiger partial charge is 0.350 e. The van der Waals surface area contributed by atoms with Crippen LogP contribution >= 0.6 is 23.2 Å². The first-order valence-electron chi connectivity index (χ1n) is 9.35. The maximum absolute atomic E-state index is 9.24. The van der Waals surface area contributed by atoms with Crippen LogP contribution in [0.25, 0.3) is 17.2 Å². The summed E-state index contributed by atoms with van der Waals surface area (Å²) >= 11 is 12.3. The number of anilines is 1. The van der Waals surface area contributed by atoms with Crippen LogP contribution in [0.5, 0.6) is 0 Å². The van der Waals surface area contributed by atoms with Crippen LogP contribution in [-0.2, 0) is 6.42 Å². The summed E-state index contributed by atoms with van der Waals surface area (Å²) in [5, 5.41) is 16.9. The normalized spacial score (nSPS) is 16.4. The Labute approximate surface area is 178 Å².